The second kappa shape index (κ2) is 11.1. The summed E-state index contributed by atoms with van der Waals surface area (Å²) in [5, 5.41) is 4.69. The summed E-state index contributed by atoms with van der Waals surface area (Å²) >= 11 is 3.60. The fourth-order valence-electron chi connectivity index (χ4n) is 4.04. The van der Waals surface area contributed by atoms with E-state index in [1.54, 1.807) is 11.3 Å². The van der Waals surface area contributed by atoms with Crippen LogP contribution in [0.5, 0.6) is 0 Å². The SMILES string of the molecule is CC(C)c1cccc(C(C)C)c1.Cc1sc2ccccc2c1-c1csc(Cc2ccccc2)n1. The van der Waals surface area contributed by atoms with Gasteiger partial charge >= 0.3 is 0 Å². The van der Waals surface area contributed by atoms with Crippen molar-refractivity contribution >= 4 is 32.8 Å². The van der Waals surface area contributed by atoms with Crippen LogP contribution >= 0.6 is 22.7 Å². The molecule has 0 amide bonds. The van der Waals surface area contributed by atoms with E-state index >= 15 is 0 Å². The summed E-state index contributed by atoms with van der Waals surface area (Å²) in [4.78, 5) is 6.23. The van der Waals surface area contributed by atoms with Crippen molar-refractivity contribution in [3.05, 3.63) is 111 Å². The molecule has 0 spiro atoms. The van der Waals surface area contributed by atoms with E-state index in [2.05, 4.69) is 119 Å². The molecule has 1 nitrogen and oxygen atoms in total. The summed E-state index contributed by atoms with van der Waals surface area (Å²) in [6, 6.07) is 28.0. The Morgan fingerprint density at radius 3 is 2.09 bits per heavy atom. The molecule has 0 saturated heterocycles. The third kappa shape index (κ3) is 5.84. The molecule has 0 atom stereocenters. The smallest absolute Gasteiger partial charge is 0.0976 e. The van der Waals surface area contributed by atoms with Crippen molar-refractivity contribution in [3.63, 3.8) is 0 Å². The van der Waals surface area contributed by atoms with Crippen molar-refractivity contribution in [3.8, 4) is 11.3 Å². The Balaban J connectivity index is 0.000000195. The Kier molecular flexibility index (Phi) is 7.97. The molecule has 0 aliphatic rings. The van der Waals surface area contributed by atoms with Crippen LogP contribution in [-0.2, 0) is 6.42 Å². The van der Waals surface area contributed by atoms with Crippen LogP contribution in [0.1, 0.15) is 66.1 Å². The number of thiophene rings is 1. The average Bonchev–Trinajstić information content (AvgIpc) is 3.43. The lowest BCUT2D eigenvalue weighted by Gasteiger charge is -2.09. The minimum atomic E-state index is 0.642. The molecule has 0 bridgehead atoms. The lowest BCUT2D eigenvalue weighted by atomic mass is 9.96. The Bertz CT molecular complexity index is 1320. The fourth-order valence-corrected chi connectivity index (χ4v) is 5.93. The van der Waals surface area contributed by atoms with Crippen molar-refractivity contribution in [1.29, 1.82) is 0 Å². The van der Waals surface area contributed by atoms with Crippen molar-refractivity contribution in [2.45, 2.75) is 52.9 Å². The highest BCUT2D eigenvalue weighted by Crippen LogP contribution is 2.38. The fraction of sp³-hybridized carbons (Fsp3) is 0.258. The number of hydrogen-bond donors (Lipinski definition) is 0. The van der Waals surface area contributed by atoms with Crippen molar-refractivity contribution in [2.75, 3.05) is 0 Å². The maximum atomic E-state index is 4.88. The third-order valence-corrected chi connectivity index (χ3v) is 7.96. The zero-order chi connectivity index (χ0) is 24.1. The molecule has 5 aromatic rings. The van der Waals surface area contributed by atoms with Crippen molar-refractivity contribution in [1.82, 2.24) is 4.98 Å². The molecule has 34 heavy (non-hydrogen) atoms. The van der Waals surface area contributed by atoms with Gasteiger partial charge in [0.2, 0.25) is 0 Å². The molecule has 0 aliphatic heterocycles. The van der Waals surface area contributed by atoms with Gasteiger partial charge in [-0.25, -0.2) is 4.98 Å². The van der Waals surface area contributed by atoms with Crippen LogP contribution in [-0.4, -0.2) is 4.98 Å². The maximum absolute atomic E-state index is 4.88. The summed E-state index contributed by atoms with van der Waals surface area (Å²) in [6.45, 7) is 11.1. The van der Waals surface area contributed by atoms with E-state index in [0.717, 1.165) is 12.1 Å². The summed E-state index contributed by atoms with van der Waals surface area (Å²) in [5.41, 5.74) is 6.62. The van der Waals surface area contributed by atoms with Gasteiger partial charge in [-0.05, 0) is 41.5 Å². The first-order valence-electron chi connectivity index (χ1n) is 12.0. The number of nitrogens with zero attached hydrogens (tertiary/aromatic N) is 1. The lowest BCUT2D eigenvalue weighted by Crippen LogP contribution is -1.91. The topological polar surface area (TPSA) is 12.9 Å². The molecule has 0 unspecified atom stereocenters. The van der Waals surface area contributed by atoms with Gasteiger partial charge in [0, 0.05) is 32.3 Å². The molecule has 3 heteroatoms. The Hall–Kier alpha value is -2.75. The van der Waals surface area contributed by atoms with Gasteiger partial charge in [0.15, 0.2) is 0 Å². The molecule has 0 saturated carbocycles. The summed E-state index contributed by atoms with van der Waals surface area (Å²) in [5.74, 6) is 1.28. The van der Waals surface area contributed by atoms with Gasteiger partial charge in [0.25, 0.3) is 0 Å². The Morgan fingerprint density at radius 2 is 1.41 bits per heavy atom. The molecule has 2 aromatic heterocycles. The van der Waals surface area contributed by atoms with Crippen LogP contribution in [0, 0.1) is 6.92 Å². The molecule has 3 aromatic carbocycles. The molecule has 0 aliphatic carbocycles. The van der Waals surface area contributed by atoms with E-state index in [1.807, 2.05) is 11.3 Å². The van der Waals surface area contributed by atoms with Gasteiger partial charge < -0.3 is 0 Å². The molecule has 174 valence electrons. The quantitative estimate of drug-likeness (QED) is 0.242. The Labute approximate surface area is 212 Å². The van der Waals surface area contributed by atoms with Crippen LogP contribution in [0.2, 0.25) is 0 Å². The monoisotopic (exact) mass is 483 g/mol. The summed E-state index contributed by atoms with van der Waals surface area (Å²) in [7, 11) is 0. The van der Waals surface area contributed by atoms with Gasteiger partial charge in [-0.2, -0.15) is 0 Å². The Morgan fingerprint density at radius 1 is 0.765 bits per heavy atom. The van der Waals surface area contributed by atoms with E-state index in [1.165, 1.54) is 42.2 Å². The second-order valence-electron chi connectivity index (χ2n) is 9.30. The maximum Gasteiger partial charge on any atom is 0.0976 e. The van der Waals surface area contributed by atoms with Gasteiger partial charge in [0.05, 0.1) is 10.7 Å². The first-order chi connectivity index (χ1) is 16.4. The van der Waals surface area contributed by atoms with Crippen LogP contribution < -0.4 is 0 Å². The first kappa shape index (κ1) is 24.4. The van der Waals surface area contributed by atoms with Crippen LogP contribution in [0.25, 0.3) is 21.3 Å². The summed E-state index contributed by atoms with van der Waals surface area (Å²) in [6.07, 6.45) is 0.909. The number of fused-ring (bicyclic) bond motifs is 1. The molecule has 2 heterocycles. The highest BCUT2D eigenvalue weighted by molar-refractivity contribution is 7.19. The third-order valence-electron chi connectivity index (χ3n) is 6.02. The van der Waals surface area contributed by atoms with E-state index in [-0.39, 0.29) is 0 Å². The van der Waals surface area contributed by atoms with Gasteiger partial charge in [-0.1, -0.05) is 100 Å². The summed E-state index contributed by atoms with van der Waals surface area (Å²) < 4.78 is 1.34. The minimum Gasteiger partial charge on any atom is -0.241 e. The zero-order valence-electron chi connectivity index (χ0n) is 20.7. The minimum absolute atomic E-state index is 0.642. The molecule has 5 rings (SSSR count). The zero-order valence-corrected chi connectivity index (χ0v) is 22.3. The predicted molar refractivity (Wildman–Crippen MR) is 152 cm³/mol. The molecular weight excluding hydrogens is 450 g/mol. The molecular formula is C31H33NS2. The number of hydrogen-bond acceptors (Lipinski definition) is 3. The highest BCUT2D eigenvalue weighted by Gasteiger charge is 2.14. The largest absolute Gasteiger partial charge is 0.241 e. The van der Waals surface area contributed by atoms with Crippen LogP contribution in [0.3, 0.4) is 0 Å². The number of rotatable bonds is 5. The molecule has 0 N–H and O–H groups in total. The van der Waals surface area contributed by atoms with Gasteiger partial charge in [-0.3, -0.25) is 0 Å². The van der Waals surface area contributed by atoms with Gasteiger partial charge in [-0.15, -0.1) is 22.7 Å². The first-order valence-corrected chi connectivity index (χ1v) is 13.7. The van der Waals surface area contributed by atoms with E-state index < -0.39 is 0 Å². The second-order valence-corrected chi connectivity index (χ2v) is 11.5. The van der Waals surface area contributed by atoms with E-state index in [0.29, 0.717) is 11.8 Å². The number of aromatic nitrogens is 1. The molecule has 0 fully saturated rings. The average molecular weight is 484 g/mol. The van der Waals surface area contributed by atoms with E-state index in [4.69, 9.17) is 4.98 Å². The number of benzene rings is 3. The van der Waals surface area contributed by atoms with Crippen LogP contribution in [0.4, 0.5) is 0 Å². The van der Waals surface area contributed by atoms with E-state index in [9.17, 15) is 0 Å². The highest BCUT2D eigenvalue weighted by atomic mass is 32.1. The lowest BCUT2D eigenvalue weighted by molar-refractivity contribution is 0.834. The molecule has 0 radical (unpaired) electrons. The standard InChI is InChI=1S/C19H15NS2.C12H18/c1-13-19(15-9-5-6-10-17(15)22-13)16-12-21-18(20-16)11-14-7-3-2-4-8-14;1-9(2)11-6-5-7-12(8-11)10(3)4/h2-10,12H,11H2,1H3;5-10H,1-4H3. The number of aryl methyl sites for hydroxylation is 1. The van der Waals surface area contributed by atoms with Gasteiger partial charge in [0.1, 0.15) is 0 Å². The van der Waals surface area contributed by atoms with Crippen molar-refractivity contribution in [2.24, 2.45) is 0 Å². The number of thiazole rings is 1. The normalized spacial score (nSPS) is 11.1. The van der Waals surface area contributed by atoms with Crippen LogP contribution in [0.15, 0.2) is 84.2 Å². The van der Waals surface area contributed by atoms with Crippen molar-refractivity contribution < 1.29 is 0 Å². The predicted octanol–water partition coefficient (Wildman–Crippen LogP) is 9.86.